The van der Waals surface area contributed by atoms with Crippen LogP contribution in [0.2, 0.25) is 10.0 Å². The average Bonchev–Trinajstić information content (AvgIpc) is 2.41. The Labute approximate surface area is 117 Å². The monoisotopic (exact) mass is 280 g/mol. The van der Waals surface area contributed by atoms with Gasteiger partial charge in [0.1, 0.15) is 6.10 Å². The molecule has 0 spiro atoms. The van der Waals surface area contributed by atoms with Crippen LogP contribution in [0.4, 0.5) is 0 Å². The van der Waals surface area contributed by atoms with Gasteiger partial charge in [0.25, 0.3) is 0 Å². The van der Waals surface area contributed by atoms with Crippen LogP contribution >= 0.6 is 23.2 Å². The topological polar surface area (TPSA) is 20.2 Å². The number of hydrogen-bond acceptors (Lipinski definition) is 1. The lowest BCUT2D eigenvalue weighted by Crippen LogP contribution is -2.00. The third-order valence-electron chi connectivity index (χ3n) is 2.96. The van der Waals surface area contributed by atoms with Crippen molar-refractivity contribution < 1.29 is 5.11 Å². The standard InChI is InChI=1S/C15H14Cl2O/c1-2-10-3-5-11(6-4-10)15(18)13-9-12(16)7-8-14(13)17/h3-9,15,18H,2H2,1H3. The minimum atomic E-state index is -0.748. The summed E-state index contributed by atoms with van der Waals surface area (Å²) in [6, 6.07) is 13.0. The zero-order valence-electron chi connectivity index (χ0n) is 10.0. The molecule has 1 nitrogen and oxygen atoms in total. The fourth-order valence-electron chi connectivity index (χ4n) is 1.84. The number of hydrogen-bond donors (Lipinski definition) is 1. The molecule has 0 aliphatic heterocycles. The van der Waals surface area contributed by atoms with Crippen LogP contribution in [-0.4, -0.2) is 5.11 Å². The van der Waals surface area contributed by atoms with Gasteiger partial charge in [0.05, 0.1) is 0 Å². The van der Waals surface area contributed by atoms with Crippen molar-refractivity contribution in [3.05, 3.63) is 69.2 Å². The highest BCUT2D eigenvalue weighted by molar-refractivity contribution is 6.33. The Bertz CT molecular complexity index is 535. The SMILES string of the molecule is CCc1ccc(C(O)c2cc(Cl)ccc2Cl)cc1. The van der Waals surface area contributed by atoms with E-state index in [9.17, 15) is 5.11 Å². The minimum Gasteiger partial charge on any atom is -0.384 e. The summed E-state index contributed by atoms with van der Waals surface area (Å²) >= 11 is 12.0. The normalized spacial score (nSPS) is 12.4. The van der Waals surface area contributed by atoms with Crippen molar-refractivity contribution in [2.45, 2.75) is 19.4 Å². The Morgan fingerprint density at radius 2 is 1.72 bits per heavy atom. The van der Waals surface area contributed by atoms with Crippen molar-refractivity contribution in [1.29, 1.82) is 0 Å². The Morgan fingerprint density at radius 1 is 1.06 bits per heavy atom. The van der Waals surface area contributed by atoms with Crippen molar-refractivity contribution >= 4 is 23.2 Å². The lowest BCUT2D eigenvalue weighted by molar-refractivity contribution is 0.220. The summed E-state index contributed by atoms with van der Waals surface area (Å²) in [4.78, 5) is 0. The van der Waals surface area contributed by atoms with E-state index >= 15 is 0 Å². The quantitative estimate of drug-likeness (QED) is 0.869. The second-order valence-corrected chi connectivity index (χ2v) is 5.01. The molecule has 0 amide bonds. The molecule has 3 heteroatoms. The first-order valence-electron chi connectivity index (χ1n) is 5.83. The van der Waals surface area contributed by atoms with E-state index in [1.807, 2.05) is 24.3 Å². The van der Waals surface area contributed by atoms with E-state index < -0.39 is 6.10 Å². The molecule has 0 fully saturated rings. The Hall–Kier alpha value is -1.02. The summed E-state index contributed by atoms with van der Waals surface area (Å²) in [6.07, 6.45) is 0.232. The van der Waals surface area contributed by atoms with E-state index in [1.165, 1.54) is 5.56 Å². The van der Waals surface area contributed by atoms with Gasteiger partial charge in [-0.05, 0) is 35.7 Å². The predicted octanol–water partition coefficient (Wildman–Crippen LogP) is 4.64. The van der Waals surface area contributed by atoms with Crippen LogP contribution in [0.15, 0.2) is 42.5 Å². The largest absolute Gasteiger partial charge is 0.384 e. The first-order chi connectivity index (χ1) is 8.61. The summed E-state index contributed by atoms with van der Waals surface area (Å²) in [7, 11) is 0. The number of aliphatic hydroxyl groups excluding tert-OH is 1. The van der Waals surface area contributed by atoms with E-state index in [2.05, 4.69) is 6.92 Å². The molecule has 0 aromatic heterocycles. The van der Waals surface area contributed by atoms with Gasteiger partial charge in [-0.15, -0.1) is 0 Å². The van der Waals surface area contributed by atoms with Crippen molar-refractivity contribution in [2.24, 2.45) is 0 Å². The summed E-state index contributed by atoms with van der Waals surface area (Å²) in [6.45, 7) is 2.10. The van der Waals surface area contributed by atoms with E-state index in [4.69, 9.17) is 23.2 Å². The molecule has 0 aliphatic carbocycles. The number of aryl methyl sites for hydroxylation is 1. The molecule has 1 unspecified atom stereocenters. The molecule has 0 aliphatic rings. The van der Waals surface area contributed by atoms with Gasteiger partial charge in [0.15, 0.2) is 0 Å². The summed E-state index contributed by atoms with van der Waals surface area (Å²) in [5.74, 6) is 0. The Balaban J connectivity index is 2.34. The molecule has 94 valence electrons. The molecule has 2 aromatic rings. The van der Waals surface area contributed by atoms with E-state index in [-0.39, 0.29) is 0 Å². The zero-order chi connectivity index (χ0) is 13.1. The van der Waals surface area contributed by atoms with Crippen LogP contribution < -0.4 is 0 Å². The van der Waals surface area contributed by atoms with Crippen LogP contribution in [0.1, 0.15) is 29.7 Å². The van der Waals surface area contributed by atoms with Crippen LogP contribution in [0.3, 0.4) is 0 Å². The maximum atomic E-state index is 10.3. The van der Waals surface area contributed by atoms with Crippen molar-refractivity contribution in [3.63, 3.8) is 0 Å². The second-order valence-electron chi connectivity index (χ2n) is 4.16. The molecule has 2 aromatic carbocycles. The number of rotatable bonds is 3. The maximum absolute atomic E-state index is 10.3. The molecule has 0 saturated carbocycles. The summed E-state index contributed by atoms with van der Waals surface area (Å²) < 4.78 is 0. The number of aliphatic hydroxyl groups is 1. The molecule has 18 heavy (non-hydrogen) atoms. The van der Waals surface area contributed by atoms with Crippen molar-refractivity contribution in [3.8, 4) is 0 Å². The Morgan fingerprint density at radius 3 is 2.33 bits per heavy atom. The molecule has 0 saturated heterocycles. The molecule has 2 rings (SSSR count). The van der Waals surface area contributed by atoms with Gasteiger partial charge in [-0.3, -0.25) is 0 Å². The van der Waals surface area contributed by atoms with Crippen LogP contribution in [-0.2, 0) is 6.42 Å². The third kappa shape index (κ3) is 2.86. The third-order valence-corrected chi connectivity index (χ3v) is 3.54. The fourth-order valence-corrected chi connectivity index (χ4v) is 2.24. The van der Waals surface area contributed by atoms with Crippen LogP contribution in [0.25, 0.3) is 0 Å². The molecule has 1 N–H and O–H groups in total. The van der Waals surface area contributed by atoms with Gasteiger partial charge in [-0.2, -0.15) is 0 Å². The maximum Gasteiger partial charge on any atom is 0.106 e. The smallest absolute Gasteiger partial charge is 0.106 e. The highest BCUT2D eigenvalue weighted by Crippen LogP contribution is 2.30. The number of benzene rings is 2. The summed E-state index contributed by atoms with van der Waals surface area (Å²) in [5.41, 5.74) is 2.69. The first-order valence-corrected chi connectivity index (χ1v) is 6.59. The average molecular weight is 281 g/mol. The van der Waals surface area contributed by atoms with E-state index in [0.29, 0.717) is 15.6 Å². The molecular formula is C15H14Cl2O. The minimum absolute atomic E-state index is 0.520. The van der Waals surface area contributed by atoms with Gasteiger partial charge in [0.2, 0.25) is 0 Å². The molecule has 0 radical (unpaired) electrons. The van der Waals surface area contributed by atoms with Gasteiger partial charge < -0.3 is 5.11 Å². The lowest BCUT2D eigenvalue weighted by Gasteiger charge is -2.14. The molecular weight excluding hydrogens is 267 g/mol. The molecule has 1 atom stereocenters. The number of halogens is 2. The zero-order valence-corrected chi connectivity index (χ0v) is 11.5. The fraction of sp³-hybridized carbons (Fsp3) is 0.200. The second kappa shape index (κ2) is 5.75. The summed E-state index contributed by atoms with van der Waals surface area (Å²) in [5, 5.41) is 11.4. The predicted molar refractivity (Wildman–Crippen MR) is 76.3 cm³/mol. The molecule has 0 bridgehead atoms. The van der Waals surface area contributed by atoms with Gasteiger partial charge in [-0.1, -0.05) is 54.4 Å². The highest BCUT2D eigenvalue weighted by Gasteiger charge is 2.14. The lowest BCUT2D eigenvalue weighted by atomic mass is 10.00. The van der Waals surface area contributed by atoms with Crippen LogP contribution in [0.5, 0.6) is 0 Å². The first kappa shape index (κ1) is 13.4. The highest BCUT2D eigenvalue weighted by atomic mass is 35.5. The van der Waals surface area contributed by atoms with Gasteiger partial charge in [-0.25, -0.2) is 0 Å². The van der Waals surface area contributed by atoms with Crippen molar-refractivity contribution in [2.75, 3.05) is 0 Å². The van der Waals surface area contributed by atoms with E-state index in [0.717, 1.165) is 12.0 Å². The van der Waals surface area contributed by atoms with E-state index in [1.54, 1.807) is 18.2 Å². The van der Waals surface area contributed by atoms with Gasteiger partial charge >= 0.3 is 0 Å². The van der Waals surface area contributed by atoms with Crippen LogP contribution in [0, 0.1) is 0 Å². The van der Waals surface area contributed by atoms with Gasteiger partial charge in [0, 0.05) is 15.6 Å². The van der Waals surface area contributed by atoms with Crippen molar-refractivity contribution in [1.82, 2.24) is 0 Å². The molecule has 0 heterocycles. The Kier molecular flexibility index (Phi) is 4.28.